The summed E-state index contributed by atoms with van der Waals surface area (Å²) in [6.07, 6.45) is 0. The molecular formula is C16H18FN3S. The summed E-state index contributed by atoms with van der Waals surface area (Å²) in [5.41, 5.74) is 9.44. The maximum absolute atomic E-state index is 14.1. The summed E-state index contributed by atoms with van der Waals surface area (Å²) in [6, 6.07) is 8.55. The monoisotopic (exact) mass is 303 g/mol. The Balaban J connectivity index is 2.68. The summed E-state index contributed by atoms with van der Waals surface area (Å²) >= 11 is 5.15. The number of benzene rings is 1. The second-order valence-corrected chi connectivity index (χ2v) is 5.24. The molecule has 0 spiro atoms. The normalized spacial score (nSPS) is 10.5. The zero-order chi connectivity index (χ0) is 15.6. The van der Waals surface area contributed by atoms with Gasteiger partial charge in [-0.1, -0.05) is 24.4 Å². The van der Waals surface area contributed by atoms with Gasteiger partial charge in [-0.2, -0.15) is 0 Å². The van der Waals surface area contributed by atoms with E-state index >= 15 is 0 Å². The Hall–Kier alpha value is -2.01. The van der Waals surface area contributed by atoms with E-state index in [0.29, 0.717) is 17.8 Å². The fourth-order valence-electron chi connectivity index (χ4n) is 2.47. The van der Waals surface area contributed by atoms with Crippen LogP contribution < -0.4 is 10.6 Å². The van der Waals surface area contributed by atoms with Crippen LogP contribution in [0.25, 0.3) is 0 Å². The van der Waals surface area contributed by atoms with Gasteiger partial charge >= 0.3 is 0 Å². The van der Waals surface area contributed by atoms with Gasteiger partial charge in [-0.25, -0.2) is 4.39 Å². The van der Waals surface area contributed by atoms with Crippen LogP contribution in [0.4, 0.5) is 15.8 Å². The van der Waals surface area contributed by atoms with Gasteiger partial charge in [0.2, 0.25) is 0 Å². The number of thiocarbonyl (C=S) groups is 1. The third-order valence-electron chi connectivity index (χ3n) is 3.30. The van der Waals surface area contributed by atoms with Crippen LogP contribution in [0.5, 0.6) is 0 Å². The Morgan fingerprint density at radius 2 is 1.95 bits per heavy atom. The predicted molar refractivity (Wildman–Crippen MR) is 88.7 cm³/mol. The van der Waals surface area contributed by atoms with Gasteiger partial charge in [-0.3, -0.25) is 4.98 Å². The van der Waals surface area contributed by atoms with Gasteiger partial charge in [-0.05, 0) is 39.0 Å². The number of rotatable bonds is 4. The van der Waals surface area contributed by atoms with Crippen LogP contribution in [0, 0.1) is 19.7 Å². The van der Waals surface area contributed by atoms with E-state index in [9.17, 15) is 4.39 Å². The lowest BCUT2D eigenvalue weighted by Crippen LogP contribution is -2.24. The number of anilines is 2. The Labute approximate surface area is 129 Å². The van der Waals surface area contributed by atoms with Crippen molar-refractivity contribution in [1.82, 2.24) is 4.98 Å². The molecule has 0 aliphatic heterocycles. The molecule has 1 aromatic carbocycles. The summed E-state index contributed by atoms with van der Waals surface area (Å²) in [5.74, 6) is -0.277. The minimum absolute atomic E-state index is 0.268. The highest BCUT2D eigenvalue weighted by Crippen LogP contribution is 2.32. The first-order valence-corrected chi connectivity index (χ1v) is 7.16. The SMILES string of the molecule is CCN(c1ccccc1F)c1cc(C)nc(C)c1C(N)=S. The molecule has 0 amide bonds. The van der Waals surface area contributed by atoms with Crippen molar-refractivity contribution in [1.29, 1.82) is 0 Å². The van der Waals surface area contributed by atoms with E-state index in [1.165, 1.54) is 6.07 Å². The lowest BCUT2D eigenvalue weighted by molar-refractivity contribution is 0.625. The highest BCUT2D eigenvalue weighted by Gasteiger charge is 2.19. The summed E-state index contributed by atoms with van der Waals surface area (Å²) in [4.78, 5) is 6.54. The van der Waals surface area contributed by atoms with E-state index in [4.69, 9.17) is 18.0 Å². The van der Waals surface area contributed by atoms with Crippen LogP contribution in [0.2, 0.25) is 0 Å². The average molecular weight is 303 g/mol. The standard InChI is InChI=1S/C16H18FN3S/c1-4-20(13-8-6-5-7-12(13)17)14-9-10(2)19-11(3)15(14)16(18)21/h5-9H,4H2,1-3H3,(H2,18,21). The van der Waals surface area contributed by atoms with Crippen molar-refractivity contribution in [3.8, 4) is 0 Å². The summed E-state index contributed by atoms with van der Waals surface area (Å²) in [5, 5.41) is 0. The molecule has 2 aromatic rings. The Kier molecular flexibility index (Phi) is 4.53. The predicted octanol–water partition coefficient (Wildman–Crippen LogP) is 3.63. The molecule has 0 aliphatic rings. The second kappa shape index (κ2) is 6.18. The van der Waals surface area contributed by atoms with E-state index in [-0.39, 0.29) is 10.8 Å². The van der Waals surface area contributed by atoms with Gasteiger partial charge in [-0.15, -0.1) is 0 Å². The van der Waals surface area contributed by atoms with Gasteiger partial charge in [0.15, 0.2) is 0 Å². The maximum Gasteiger partial charge on any atom is 0.146 e. The molecule has 0 fully saturated rings. The number of nitrogens with two attached hydrogens (primary N) is 1. The van der Waals surface area contributed by atoms with Crippen LogP contribution in [-0.4, -0.2) is 16.5 Å². The van der Waals surface area contributed by atoms with E-state index in [0.717, 1.165) is 17.1 Å². The molecule has 0 bridgehead atoms. The zero-order valence-electron chi connectivity index (χ0n) is 12.4. The molecule has 2 rings (SSSR count). The van der Waals surface area contributed by atoms with E-state index in [2.05, 4.69) is 4.98 Å². The molecule has 21 heavy (non-hydrogen) atoms. The van der Waals surface area contributed by atoms with Gasteiger partial charge in [0.1, 0.15) is 10.8 Å². The molecule has 0 aliphatic carbocycles. The van der Waals surface area contributed by atoms with E-state index in [1.54, 1.807) is 12.1 Å². The van der Waals surface area contributed by atoms with Crippen LogP contribution in [-0.2, 0) is 0 Å². The summed E-state index contributed by atoms with van der Waals surface area (Å²) in [7, 11) is 0. The first-order valence-electron chi connectivity index (χ1n) is 6.75. The van der Waals surface area contributed by atoms with E-state index in [1.807, 2.05) is 37.8 Å². The quantitative estimate of drug-likeness (QED) is 0.876. The number of pyridine rings is 1. The van der Waals surface area contributed by atoms with Crippen molar-refractivity contribution in [2.24, 2.45) is 5.73 Å². The third-order valence-corrected chi connectivity index (χ3v) is 3.51. The fourth-order valence-corrected chi connectivity index (χ4v) is 2.72. The number of nitrogens with zero attached hydrogens (tertiary/aromatic N) is 2. The van der Waals surface area contributed by atoms with Crippen molar-refractivity contribution in [3.05, 3.63) is 53.1 Å². The first kappa shape index (κ1) is 15.4. The van der Waals surface area contributed by atoms with Crippen molar-refractivity contribution in [3.63, 3.8) is 0 Å². The smallest absolute Gasteiger partial charge is 0.146 e. The Morgan fingerprint density at radius 1 is 1.29 bits per heavy atom. The Bertz CT molecular complexity index is 685. The van der Waals surface area contributed by atoms with Crippen molar-refractivity contribution in [2.45, 2.75) is 20.8 Å². The average Bonchev–Trinajstić information content (AvgIpc) is 2.40. The molecule has 0 unspecified atom stereocenters. The molecule has 110 valence electrons. The number of aryl methyl sites for hydroxylation is 2. The van der Waals surface area contributed by atoms with E-state index < -0.39 is 0 Å². The lowest BCUT2D eigenvalue weighted by Gasteiger charge is -2.27. The minimum atomic E-state index is -0.277. The lowest BCUT2D eigenvalue weighted by atomic mass is 10.1. The maximum atomic E-state index is 14.1. The molecule has 0 saturated carbocycles. The molecule has 0 saturated heterocycles. The zero-order valence-corrected chi connectivity index (χ0v) is 13.2. The fraction of sp³-hybridized carbons (Fsp3) is 0.250. The molecular weight excluding hydrogens is 285 g/mol. The number of aromatic nitrogens is 1. The van der Waals surface area contributed by atoms with Crippen molar-refractivity contribution in [2.75, 3.05) is 11.4 Å². The third kappa shape index (κ3) is 3.03. The highest BCUT2D eigenvalue weighted by atomic mass is 32.1. The van der Waals surface area contributed by atoms with Crippen molar-refractivity contribution >= 4 is 28.6 Å². The first-order chi connectivity index (χ1) is 9.95. The van der Waals surface area contributed by atoms with Crippen LogP contribution in [0.3, 0.4) is 0 Å². The number of para-hydroxylation sites is 1. The molecule has 3 nitrogen and oxygen atoms in total. The minimum Gasteiger partial charge on any atom is -0.389 e. The van der Waals surface area contributed by atoms with Crippen molar-refractivity contribution < 1.29 is 4.39 Å². The second-order valence-electron chi connectivity index (χ2n) is 4.80. The number of halogens is 1. The highest BCUT2D eigenvalue weighted by molar-refractivity contribution is 7.80. The van der Waals surface area contributed by atoms with Gasteiger partial charge in [0.05, 0.1) is 16.9 Å². The molecule has 1 aromatic heterocycles. The summed E-state index contributed by atoms with van der Waals surface area (Å²) < 4.78 is 14.1. The molecule has 0 radical (unpaired) electrons. The molecule has 5 heteroatoms. The van der Waals surface area contributed by atoms with Crippen LogP contribution in [0.1, 0.15) is 23.9 Å². The Morgan fingerprint density at radius 3 is 2.52 bits per heavy atom. The largest absolute Gasteiger partial charge is 0.389 e. The van der Waals surface area contributed by atoms with Gasteiger partial charge in [0, 0.05) is 17.9 Å². The number of hydrogen-bond acceptors (Lipinski definition) is 3. The summed E-state index contributed by atoms with van der Waals surface area (Å²) in [6.45, 7) is 6.32. The number of hydrogen-bond donors (Lipinski definition) is 1. The van der Waals surface area contributed by atoms with Gasteiger partial charge in [0.25, 0.3) is 0 Å². The molecule has 1 heterocycles. The molecule has 0 atom stereocenters. The molecule has 2 N–H and O–H groups in total. The van der Waals surface area contributed by atoms with Crippen LogP contribution in [0.15, 0.2) is 30.3 Å². The topological polar surface area (TPSA) is 42.2 Å². The van der Waals surface area contributed by atoms with Crippen LogP contribution >= 0.6 is 12.2 Å². The van der Waals surface area contributed by atoms with Gasteiger partial charge < -0.3 is 10.6 Å².